The van der Waals surface area contributed by atoms with Crippen LogP contribution < -0.4 is 5.32 Å². The molecule has 100 valence electrons. The summed E-state index contributed by atoms with van der Waals surface area (Å²) >= 11 is 0. The Balaban J connectivity index is 2.33. The minimum absolute atomic E-state index is 0.151. The summed E-state index contributed by atoms with van der Waals surface area (Å²) in [7, 11) is 0. The first-order valence-corrected chi connectivity index (χ1v) is 5.43. The first-order chi connectivity index (χ1) is 8.28. The van der Waals surface area contributed by atoms with E-state index in [2.05, 4.69) is 10.5 Å². The summed E-state index contributed by atoms with van der Waals surface area (Å²) in [6.45, 7) is 5.58. The molecule has 0 radical (unpaired) electrons. The molecule has 0 fully saturated rings. The van der Waals surface area contributed by atoms with Crippen LogP contribution in [0.25, 0.3) is 0 Å². The number of carbonyl (C=O) groups excluding carboxylic acids is 1. The van der Waals surface area contributed by atoms with E-state index in [9.17, 15) is 9.59 Å². The fourth-order valence-electron chi connectivity index (χ4n) is 1.13. The zero-order chi connectivity index (χ0) is 13.8. The van der Waals surface area contributed by atoms with Gasteiger partial charge >= 0.3 is 12.1 Å². The summed E-state index contributed by atoms with van der Waals surface area (Å²) in [6.07, 6.45) is -0.181. The highest BCUT2D eigenvalue weighted by Crippen LogP contribution is 2.07. The van der Waals surface area contributed by atoms with Gasteiger partial charge in [0.1, 0.15) is 11.4 Å². The van der Waals surface area contributed by atoms with Crippen molar-refractivity contribution in [1.29, 1.82) is 0 Å². The van der Waals surface area contributed by atoms with Crippen molar-refractivity contribution >= 4 is 12.1 Å². The number of nitrogens with zero attached hydrogens (tertiary/aromatic N) is 1. The third kappa shape index (κ3) is 4.86. The smallest absolute Gasteiger partial charge is 0.407 e. The van der Waals surface area contributed by atoms with Gasteiger partial charge in [-0.05, 0) is 20.8 Å². The maximum absolute atomic E-state index is 11.3. The number of carbonyl (C=O) groups is 2. The molecule has 7 heteroatoms. The van der Waals surface area contributed by atoms with Crippen LogP contribution in [0, 0.1) is 0 Å². The van der Waals surface area contributed by atoms with E-state index in [-0.39, 0.29) is 12.2 Å². The summed E-state index contributed by atoms with van der Waals surface area (Å²) in [4.78, 5) is 21.8. The summed E-state index contributed by atoms with van der Waals surface area (Å²) in [5, 5.41) is 14.5. The maximum atomic E-state index is 11.3. The Labute approximate surface area is 104 Å². The number of alkyl carbamates (subject to hydrolysis) is 1. The number of aromatic carboxylic acids is 1. The van der Waals surface area contributed by atoms with Gasteiger partial charge in [-0.3, -0.25) is 0 Å². The number of carboxylic acids is 1. The molecule has 18 heavy (non-hydrogen) atoms. The van der Waals surface area contributed by atoms with Crippen LogP contribution in [0.4, 0.5) is 4.79 Å². The van der Waals surface area contributed by atoms with E-state index in [0.717, 1.165) is 0 Å². The molecule has 1 aromatic rings. The molecule has 0 aliphatic rings. The number of nitrogens with one attached hydrogen (secondary N) is 1. The van der Waals surface area contributed by atoms with Crippen molar-refractivity contribution in [3.8, 4) is 0 Å². The largest absolute Gasteiger partial charge is 0.476 e. The van der Waals surface area contributed by atoms with Gasteiger partial charge in [0, 0.05) is 19.0 Å². The summed E-state index contributed by atoms with van der Waals surface area (Å²) in [5.74, 6) is -0.756. The number of rotatable bonds is 4. The molecule has 1 aromatic heterocycles. The molecule has 0 unspecified atom stereocenters. The van der Waals surface area contributed by atoms with Gasteiger partial charge in [0.2, 0.25) is 0 Å². The molecular formula is C11H16N2O5. The van der Waals surface area contributed by atoms with E-state index in [0.29, 0.717) is 12.2 Å². The van der Waals surface area contributed by atoms with Crippen molar-refractivity contribution in [2.45, 2.75) is 32.8 Å². The maximum Gasteiger partial charge on any atom is 0.407 e. The summed E-state index contributed by atoms with van der Waals surface area (Å²) in [6, 6.07) is 1.32. The first-order valence-electron chi connectivity index (χ1n) is 5.43. The molecule has 0 aliphatic carbocycles. The topological polar surface area (TPSA) is 102 Å². The Kier molecular flexibility index (Phi) is 4.30. The molecule has 2 N–H and O–H groups in total. The van der Waals surface area contributed by atoms with Crippen LogP contribution in [-0.2, 0) is 11.2 Å². The fraction of sp³-hybridized carbons (Fsp3) is 0.545. The fourth-order valence-corrected chi connectivity index (χ4v) is 1.13. The van der Waals surface area contributed by atoms with Gasteiger partial charge in [0.25, 0.3) is 0 Å². The van der Waals surface area contributed by atoms with Gasteiger partial charge in [0.15, 0.2) is 5.69 Å². The highest BCUT2D eigenvalue weighted by molar-refractivity contribution is 5.85. The van der Waals surface area contributed by atoms with Crippen LogP contribution in [-0.4, -0.2) is 34.5 Å². The molecule has 1 rings (SSSR count). The number of carboxylic acid groups (broad SMARTS) is 1. The molecule has 0 bridgehead atoms. The molecule has 0 atom stereocenters. The predicted octanol–water partition coefficient (Wildman–Crippen LogP) is 1.44. The Morgan fingerprint density at radius 3 is 2.67 bits per heavy atom. The van der Waals surface area contributed by atoms with E-state index >= 15 is 0 Å². The molecule has 0 aromatic carbocycles. The van der Waals surface area contributed by atoms with Crippen LogP contribution >= 0.6 is 0 Å². The van der Waals surface area contributed by atoms with Crippen LogP contribution in [0.1, 0.15) is 37.0 Å². The quantitative estimate of drug-likeness (QED) is 0.845. The van der Waals surface area contributed by atoms with Crippen molar-refractivity contribution in [2.75, 3.05) is 6.54 Å². The zero-order valence-electron chi connectivity index (χ0n) is 10.5. The van der Waals surface area contributed by atoms with Crippen molar-refractivity contribution in [3.05, 3.63) is 17.5 Å². The summed E-state index contributed by atoms with van der Waals surface area (Å²) in [5.41, 5.74) is -0.699. The van der Waals surface area contributed by atoms with Gasteiger partial charge in [-0.15, -0.1) is 0 Å². The van der Waals surface area contributed by atoms with Crippen LogP contribution in [0.2, 0.25) is 0 Å². The third-order valence-electron chi connectivity index (χ3n) is 1.82. The monoisotopic (exact) mass is 256 g/mol. The number of hydrogen-bond acceptors (Lipinski definition) is 5. The number of ether oxygens (including phenoxy) is 1. The SMILES string of the molecule is CC(C)(C)OC(=O)NCCc1cc(C(=O)O)no1. The van der Waals surface area contributed by atoms with E-state index < -0.39 is 17.7 Å². The highest BCUT2D eigenvalue weighted by Gasteiger charge is 2.16. The minimum Gasteiger partial charge on any atom is -0.476 e. The average molecular weight is 256 g/mol. The molecule has 0 spiro atoms. The second kappa shape index (κ2) is 5.52. The molecule has 7 nitrogen and oxygen atoms in total. The molecule has 0 saturated carbocycles. The van der Waals surface area contributed by atoms with Crippen molar-refractivity contribution < 1.29 is 24.0 Å². The van der Waals surface area contributed by atoms with Crippen LogP contribution in [0.15, 0.2) is 10.6 Å². The minimum atomic E-state index is -1.15. The molecule has 0 saturated heterocycles. The van der Waals surface area contributed by atoms with Crippen molar-refractivity contribution in [2.24, 2.45) is 0 Å². The Morgan fingerprint density at radius 1 is 1.50 bits per heavy atom. The standard InChI is InChI=1S/C11H16N2O5/c1-11(2,3)17-10(16)12-5-4-7-6-8(9(14)15)13-18-7/h6H,4-5H2,1-3H3,(H,12,16)(H,14,15). The van der Waals surface area contributed by atoms with E-state index in [1.807, 2.05) is 0 Å². The zero-order valence-corrected chi connectivity index (χ0v) is 10.5. The average Bonchev–Trinajstić information content (AvgIpc) is 2.63. The van der Waals surface area contributed by atoms with Gasteiger partial charge in [-0.25, -0.2) is 9.59 Å². The molecule has 1 heterocycles. The summed E-state index contributed by atoms with van der Waals surface area (Å²) < 4.78 is 9.81. The Morgan fingerprint density at radius 2 is 2.17 bits per heavy atom. The highest BCUT2D eigenvalue weighted by atomic mass is 16.6. The lowest BCUT2D eigenvalue weighted by Gasteiger charge is -2.19. The van der Waals surface area contributed by atoms with Crippen molar-refractivity contribution in [3.63, 3.8) is 0 Å². The van der Waals surface area contributed by atoms with Gasteiger partial charge in [0.05, 0.1) is 0 Å². The van der Waals surface area contributed by atoms with Gasteiger partial charge < -0.3 is 19.7 Å². The van der Waals surface area contributed by atoms with Gasteiger partial charge in [-0.1, -0.05) is 5.16 Å². The normalized spacial score (nSPS) is 11.1. The number of amides is 1. The molecular weight excluding hydrogens is 240 g/mol. The number of aromatic nitrogens is 1. The van der Waals surface area contributed by atoms with E-state index in [1.165, 1.54) is 6.07 Å². The second-order valence-electron chi connectivity index (χ2n) is 4.66. The predicted molar refractivity (Wildman–Crippen MR) is 61.4 cm³/mol. The second-order valence-corrected chi connectivity index (χ2v) is 4.66. The van der Waals surface area contributed by atoms with Gasteiger partial charge in [-0.2, -0.15) is 0 Å². The van der Waals surface area contributed by atoms with Crippen LogP contribution in [0.5, 0.6) is 0 Å². The third-order valence-corrected chi connectivity index (χ3v) is 1.82. The Hall–Kier alpha value is -2.05. The van der Waals surface area contributed by atoms with Crippen LogP contribution in [0.3, 0.4) is 0 Å². The lowest BCUT2D eigenvalue weighted by Crippen LogP contribution is -2.33. The molecule has 1 amide bonds. The lowest BCUT2D eigenvalue weighted by atomic mass is 10.2. The number of hydrogen-bond donors (Lipinski definition) is 2. The first kappa shape index (κ1) is 14.0. The van der Waals surface area contributed by atoms with Crippen molar-refractivity contribution in [1.82, 2.24) is 10.5 Å². The van der Waals surface area contributed by atoms with E-state index in [4.69, 9.17) is 14.4 Å². The van der Waals surface area contributed by atoms with E-state index in [1.54, 1.807) is 20.8 Å². The molecule has 0 aliphatic heterocycles. The Bertz CT molecular complexity index is 433. The lowest BCUT2D eigenvalue weighted by molar-refractivity contribution is 0.0527.